The van der Waals surface area contributed by atoms with Gasteiger partial charge in [-0.25, -0.2) is 0 Å². The molecule has 0 bridgehead atoms. The molecule has 0 aliphatic carbocycles. The van der Waals surface area contributed by atoms with Gasteiger partial charge >= 0.3 is 0 Å². The third-order valence-electron chi connectivity index (χ3n) is 3.16. The molecule has 2 N–H and O–H groups in total. The van der Waals surface area contributed by atoms with Crippen LogP contribution in [0.2, 0.25) is 0 Å². The summed E-state index contributed by atoms with van der Waals surface area (Å²) in [6.07, 6.45) is 5.31. The second-order valence-corrected chi connectivity index (χ2v) is 4.04. The average molecular weight is 208 g/mol. The summed E-state index contributed by atoms with van der Waals surface area (Å²) in [4.78, 5) is 3.98. The van der Waals surface area contributed by atoms with Gasteiger partial charge in [0.15, 0.2) is 0 Å². The average Bonchev–Trinajstić information content (AvgIpc) is 2.29. The first-order chi connectivity index (χ1) is 7.12. The van der Waals surface area contributed by atoms with Crippen LogP contribution in [0.3, 0.4) is 0 Å². The predicted octanol–water partition coefficient (Wildman–Crippen LogP) is 1.77. The van der Waals surface area contributed by atoms with Crippen LogP contribution < -0.4 is 5.73 Å². The van der Waals surface area contributed by atoms with Crippen molar-refractivity contribution in [1.29, 1.82) is 0 Å². The van der Waals surface area contributed by atoms with Crippen molar-refractivity contribution >= 4 is 0 Å². The number of hydrogen-bond acceptors (Lipinski definition) is 3. The SMILES string of the molecule is CCC(C)(OC)C(N)Cc1ccncc1. The van der Waals surface area contributed by atoms with Crippen LogP contribution >= 0.6 is 0 Å². The van der Waals surface area contributed by atoms with Crippen molar-refractivity contribution in [2.45, 2.75) is 38.3 Å². The Bertz CT molecular complexity index is 283. The Morgan fingerprint density at radius 1 is 1.47 bits per heavy atom. The van der Waals surface area contributed by atoms with E-state index in [4.69, 9.17) is 10.5 Å². The maximum absolute atomic E-state index is 6.16. The van der Waals surface area contributed by atoms with Crippen molar-refractivity contribution in [3.8, 4) is 0 Å². The zero-order valence-electron chi connectivity index (χ0n) is 9.73. The second-order valence-electron chi connectivity index (χ2n) is 4.04. The minimum absolute atomic E-state index is 0.00917. The van der Waals surface area contributed by atoms with Crippen LogP contribution in [-0.2, 0) is 11.2 Å². The molecule has 1 rings (SSSR count). The van der Waals surface area contributed by atoms with E-state index < -0.39 is 0 Å². The summed E-state index contributed by atoms with van der Waals surface area (Å²) in [5.41, 5.74) is 7.12. The molecule has 2 atom stereocenters. The normalized spacial score (nSPS) is 17.1. The van der Waals surface area contributed by atoms with Crippen molar-refractivity contribution in [2.24, 2.45) is 5.73 Å². The van der Waals surface area contributed by atoms with E-state index in [1.54, 1.807) is 19.5 Å². The zero-order chi connectivity index (χ0) is 11.3. The van der Waals surface area contributed by atoms with Crippen molar-refractivity contribution in [2.75, 3.05) is 7.11 Å². The van der Waals surface area contributed by atoms with Gasteiger partial charge in [-0.3, -0.25) is 4.98 Å². The molecule has 0 radical (unpaired) electrons. The summed E-state index contributed by atoms with van der Waals surface area (Å²) in [6.45, 7) is 4.15. The summed E-state index contributed by atoms with van der Waals surface area (Å²) >= 11 is 0. The zero-order valence-corrected chi connectivity index (χ0v) is 9.73. The Morgan fingerprint density at radius 2 is 2.07 bits per heavy atom. The molecule has 15 heavy (non-hydrogen) atoms. The number of ether oxygens (including phenoxy) is 1. The lowest BCUT2D eigenvalue weighted by molar-refractivity contribution is -0.0184. The number of nitrogens with two attached hydrogens (primary N) is 1. The quantitative estimate of drug-likeness (QED) is 0.802. The maximum Gasteiger partial charge on any atom is 0.0801 e. The topological polar surface area (TPSA) is 48.1 Å². The fourth-order valence-corrected chi connectivity index (χ4v) is 1.55. The van der Waals surface area contributed by atoms with Crippen molar-refractivity contribution < 1.29 is 4.74 Å². The molecule has 0 saturated heterocycles. The summed E-state index contributed by atoms with van der Waals surface area (Å²) in [6, 6.07) is 3.99. The summed E-state index contributed by atoms with van der Waals surface area (Å²) < 4.78 is 5.48. The third-order valence-corrected chi connectivity index (χ3v) is 3.16. The van der Waals surface area contributed by atoms with Gasteiger partial charge in [-0.2, -0.15) is 0 Å². The molecule has 1 aromatic heterocycles. The fraction of sp³-hybridized carbons (Fsp3) is 0.583. The Kier molecular flexibility index (Phi) is 4.24. The molecule has 0 spiro atoms. The first-order valence-electron chi connectivity index (χ1n) is 5.32. The predicted molar refractivity (Wildman–Crippen MR) is 61.6 cm³/mol. The smallest absolute Gasteiger partial charge is 0.0801 e. The van der Waals surface area contributed by atoms with E-state index in [9.17, 15) is 0 Å². The Balaban J connectivity index is 2.66. The van der Waals surface area contributed by atoms with Gasteiger partial charge in [-0.1, -0.05) is 6.92 Å². The van der Waals surface area contributed by atoms with Gasteiger partial charge in [0.1, 0.15) is 0 Å². The standard InChI is InChI=1S/C12H20N2O/c1-4-12(2,15-3)11(13)9-10-5-7-14-8-6-10/h5-8,11H,4,9,13H2,1-3H3. The van der Waals surface area contributed by atoms with Gasteiger partial charge in [-0.15, -0.1) is 0 Å². The lowest BCUT2D eigenvalue weighted by Crippen LogP contribution is -2.48. The van der Waals surface area contributed by atoms with Crippen LogP contribution in [0.25, 0.3) is 0 Å². The van der Waals surface area contributed by atoms with Crippen molar-refractivity contribution in [3.05, 3.63) is 30.1 Å². The van der Waals surface area contributed by atoms with Gasteiger partial charge in [-0.05, 0) is 37.5 Å². The highest BCUT2D eigenvalue weighted by Crippen LogP contribution is 2.20. The van der Waals surface area contributed by atoms with Crippen molar-refractivity contribution in [3.63, 3.8) is 0 Å². The summed E-state index contributed by atoms with van der Waals surface area (Å²) in [5, 5.41) is 0. The number of methoxy groups -OCH3 is 1. The van der Waals surface area contributed by atoms with E-state index in [-0.39, 0.29) is 11.6 Å². The summed E-state index contributed by atoms with van der Waals surface area (Å²) in [7, 11) is 1.72. The van der Waals surface area contributed by atoms with E-state index in [0.29, 0.717) is 0 Å². The Hall–Kier alpha value is -0.930. The van der Waals surface area contributed by atoms with Crippen molar-refractivity contribution in [1.82, 2.24) is 4.98 Å². The van der Waals surface area contributed by atoms with E-state index in [0.717, 1.165) is 12.8 Å². The first-order valence-corrected chi connectivity index (χ1v) is 5.32. The van der Waals surface area contributed by atoms with E-state index in [2.05, 4.69) is 18.8 Å². The number of pyridine rings is 1. The number of hydrogen-bond donors (Lipinski definition) is 1. The third kappa shape index (κ3) is 3.01. The van der Waals surface area contributed by atoms with Crippen LogP contribution in [0.15, 0.2) is 24.5 Å². The Labute approximate surface area is 91.7 Å². The second kappa shape index (κ2) is 5.24. The number of aromatic nitrogens is 1. The molecule has 1 aromatic rings. The lowest BCUT2D eigenvalue weighted by atomic mass is 9.89. The molecule has 0 aromatic carbocycles. The van der Waals surface area contributed by atoms with Crippen LogP contribution in [-0.4, -0.2) is 23.7 Å². The fourth-order valence-electron chi connectivity index (χ4n) is 1.55. The first kappa shape index (κ1) is 12.1. The molecule has 0 amide bonds. The maximum atomic E-state index is 6.16. The van der Waals surface area contributed by atoms with Crippen LogP contribution in [0, 0.1) is 0 Å². The molecule has 3 nitrogen and oxygen atoms in total. The highest BCUT2D eigenvalue weighted by Gasteiger charge is 2.29. The largest absolute Gasteiger partial charge is 0.377 e. The van der Waals surface area contributed by atoms with Gasteiger partial charge < -0.3 is 10.5 Å². The van der Waals surface area contributed by atoms with Gasteiger partial charge in [0, 0.05) is 25.5 Å². The molecule has 0 aliphatic rings. The molecule has 2 unspecified atom stereocenters. The monoisotopic (exact) mass is 208 g/mol. The minimum atomic E-state index is -0.247. The lowest BCUT2D eigenvalue weighted by Gasteiger charge is -2.33. The van der Waals surface area contributed by atoms with Crippen LogP contribution in [0.4, 0.5) is 0 Å². The molecule has 0 fully saturated rings. The van der Waals surface area contributed by atoms with E-state index >= 15 is 0 Å². The van der Waals surface area contributed by atoms with E-state index in [1.165, 1.54) is 5.56 Å². The molecule has 0 saturated carbocycles. The summed E-state index contributed by atoms with van der Waals surface area (Å²) in [5.74, 6) is 0. The van der Waals surface area contributed by atoms with E-state index in [1.807, 2.05) is 12.1 Å². The molecule has 3 heteroatoms. The molecule has 84 valence electrons. The molecule has 0 aliphatic heterocycles. The van der Waals surface area contributed by atoms with Crippen LogP contribution in [0.5, 0.6) is 0 Å². The van der Waals surface area contributed by atoms with Gasteiger partial charge in [0.25, 0.3) is 0 Å². The minimum Gasteiger partial charge on any atom is -0.377 e. The Morgan fingerprint density at radius 3 is 2.53 bits per heavy atom. The van der Waals surface area contributed by atoms with Crippen LogP contribution in [0.1, 0.15) is 25.8 Å². The molecular weight excluding hydrogens is 188 g/mol. The van der Waals surface area contributed by atoms with Gasteiger partial charge in [0.2, 0.25) is 0 Å². The molecule has 1 heterocycles. The highest BCUT2D eigenvalue weighted by molar-refractivity contribution is 5.12. The van der Waals surface area contributed by atoms with Gasteiger partial charge in [0.05, 0.1) is 5.60 Å². The number of nitrogens with zero attached hydrogens (tertiary/aromatic N) is 1. The molecular formula is C12H20N2O. The highest BCUT2D eigenvalue weighted by atomic mass is 16.5. The number of rotatable bonds is 5.